The van der Waals surface area contributed by atoms with Crippen molar-refractivity contribution in [3.8, 4) is 0 Å². The molecule has 0 aliphatic carbocycles. The van der Waals surface area contributed by atoms with Gasteiger partial charge >= 0.3 is 5.97 Å². The normalized spacial score (nSPS) is 11.9. The van der Waals surface area contributed by atoms with E-state index in [1.807, 2.05) is 0 Å². The van der Waals surface area contributed by atoms with Crippen molar-refractivity contribution < 1.29 is 19.1 Å². The van der Waals surface area contributed by atoms with Crippen LogP contribution in [0.15, 0.2) is 24.3 Å². The molecule has 4 nitrogen and oxygen atoms in total. The summed E-state index contributed by atoms with van der Waals surface area (Å²) in [6.07, 6.45) is -1.59. The fourth-order valence-corrected chi connectivity index (χ4v) is 0.938. The van der Waals surface area contributed by atoms with Crippen molar-refractivity contribution in [3.05, 3.63) is 29.8 Å². The molecule has 0 saturated carbocycles. The first-order chi connectivity index (χ1) is 7.00. The molecule has 0 bridgehead atoms. The van der Waals surface area contributed by atoms with Crippen LogP contribution in [0.3, 0.4) is 0 Å². The van der Waals surface area contributed by atoms with Crippen LogP contribution in [0.25, 0.3) is 0 Å². The highest BCUT2D eigenvalue weighted by molar-refractivity contribution is 5.94. The van der Waals surface area contributed by atoms with Crippen LogP contribution in [-0.4, -0.2) is 23.2 Å². The zero-order chi connectivity index (χ0) is 11.4. The van der Waals surface area contributed by atoms with Crippen molar-refractivity contribution in [2.75, 3.05) is 5.32 Å². The Labute approximate surface area is 85.7 Å². The van der Waals surface area contributed by atoms with Crippen LogP contribution in [-0.2, 0) is 4.79 Å². The van der Waals surface area contributed by atoms with Gasteiger partial charge in [0.25, 0.3) is 5.91 Å². The van der Waals surface area contributed by atoms with E-state index in [9.17, 15) is 14.0 Å². The second kappa shape index (κ2) is 4.54. The number of nitrogens with one attached hydrogen (secondary N) is 1. The summed E-state index contributed by atoms with van der Waals surface area (Å²) >= 11 is 0. The molecule has 0 aliphatic rings. The van der Waals surface area contributed by atoms with E-state index in [4.69, 9.17) is 5.11 Å². The third-order valence-electron chi connectivity index (χ3n) is 1.76. The number of carbonyl (C=O) groups excluding carboxylic acids is 1. The number of hydrogen-bond acceptors (Lipinski definition) is 2. The summed E-state index contributed by atoms with van der Waals surface area (Å²) in [5.41, 5.74) is 0.482. The Morgan fingerprint density at radius 2 is 1.87 bits per heavy atom. The minimum Gasteiger partial charge on any atom is -0.478 e. The summed E-state index contributed by atoms with van der Waals surface area (Å²) < 4.78 is 12.5. The fraction of sp³-hybridized carbons (Fsp3) is 0.200. The number of rotatable bonds is 3. The quantitative estimate of drug-likeness (QED) is 0.799. The molecular formula is C10H10FNO3. The van der Waals surface area contributed by atoms with Crippen LogP contribution >= 0.6 is 0 Å². The van der Waals surface area contributed by atoms with Crippen molar-refractivity contribution >= 4 is 17.6 Å². The summed E-state index contributed by atoms with van der Waals surface area (Å²) in [4.78, 5) is 21.4. The Kier molecular flexibility index (Phi) is 3.38. The van der Waals surface area contributed by atoms with Gasteiger partial charge in [0.2, 0.25) is 0 Å². The molecule has 15 heavy (non-hydrogen) atoms. The second-order valence-electron chi connectivity index (χ2n) is 2.99. The molecule has 1 aromatic carbocycles. The van der Waals surface area contributed by atoms with Gasteiger partial charge < -0.3 is 10.4 Å². The van der Waals surface area contributed by atoms with Gasteiger partial charge in [0.1, 0.15) is 0 Å². The largest absolute Gasteiger partial charge is 0.478 e. The van der Waals surface area contributed by atoms with Gasteiger partial charge in [0.05, 0.1) is 5.56 Å². The van der Waals surface area contributed by atoms with Crippen molar-refractivity contribution in [1.29, 1.82) is 0 Å². The van der Waals surface area contributed by atoms with E-state index in [-0.39, 0.29) is 5.56 Å². The lowest BCUT2D eigenvalue weighted by atomic mass is 10.2. The number of carboxylic acids is 1. The number of carbonyl (C=O) groups is 2. The number of alkyl halides is 1. The Bertz CT molecular complexity index is 373. The summed E-state index contributed by atoms with van der Waals surface area (Å²) in [7, 11) is 0. The second-order valence-corrected chi connectivity index (χ2v) is 2.99. The van der Waals surface area contributed by atoms with Gasteiger partial charge in [-0.05, 0) is 31.2 Å². The number of aromatic carboxylic acids is 1. The number of amides is 1. The summed E-state index contributed by atoms with van der Waals surface area (Å²) in [6.45, 7) is 1.13. The SMILES string of the molecule is CC(F)C(=O)Nc1ccc(C(=O)O)cc1. The van der Waals surface area contributed by atoms with Crippen LogP contribution in [0, 0.1) is 0 Å². The minimum atomic E-state index is -1.59. The molecule has 0 aromatic heterocycles. The van der Waals surface area contributed by atoms with E-state index < -0.39 is 18.0 Å². The van der Waals surface area contributed by atoms with E-state index in [1.54, 1.807) is 0 Å². The third-order valence-corrected chi connectivity index (χ3v) is 1.76. The molecular weight excluding hydrogens is 201 g/mol. The van der Waals surface area contributed by atoms with Crippen molar-refractivity contribution in [2.45, 2.75) is 13.1 Å². The molecule has 0 spiro atoms. The summed E-state index contributed by atoms with van der Waals surface area (Å²) in [5.74, 6) is -1.80. The minimum absolute atomic E-state index is 0.112. The smallest absolute Gasteiger partial charge is 0.335 e. The van der Waals surface area contributed by atoms with Gasteiger partial charge in [-0.25, -0.2) is 9.18 Å². The number of anilines is 1. The lowest BCUT2D eigenvalue weighted by Crippen LogP contribution is -2.21. The highest BCUT2D eigenvalue weighted by Crippen LogP contribution is 2.10. The first-order valence-corrected chi connectivity index (χ1v) is 4.29. The highest BCUT2D eigenvalue weighted by atomic mass is 19.1. The van der Waals surface area contributed by atoms with Gasteiger partial charge in [-0.15, -0.1) is 0 Å². The van der Waals surface area contributed by atoms with Crippen molar-refractivity contribution in [2.24, 2.45) is 0 Å². The van der Waals surface area contributed by atoms with E-state index in [1.165, 1.54) is 24.3 Å². The maximum atomic E-state index is 12.5. The maximum absolute atomic E-state index is 12.5. The Hall–Kier alpha value is -1.91. The fourth-order valence-electron chi connectivity index (χ4n) is 0.938. The zero-order valence-electron chi connectivity index (χ0n) is 8.03. The highest BCUT2D eigenvalue weighted by Gasteiger charge is 2.10. The predicted octanol–water partition coefficient (Wildman–Crippen LogP) is 1.68. The molecule has 2 N–H and O–H groups in total. The first-order valence-electron chi connectivity index (χ1n) is 4.29. The topological polar surface area (TPSA) is 66.4 Å². The molecule has 1 unspecified atom stereocenters. The van der Waals surface area contributed by atoms with E-state index in [0.717, 1.165) is 6.92 Å². The third kappa shape index (κ3) is 3.05. The first kappa shape index (κ1) is 11.2. The van der Waals surface area contributed by atoms with Gasteiger partial charge in [-0.2, -0.15) is 0 Å². The van der Waals surface area contributed by atoms with Crippen LogP contribution < -0.4 is 5.32 Å². The monoisotopic (exact) mass is 211 g/mol. The Balaban J connectivity index is 2.73. The average molecular weight is 211 g/mol. The molecule has 0 saturated heterocycles. The van der Waals surface area contributed by atoms with E-state index in [0.29, 0.717) is 5.69 Å². The summed E-state index contributed by atoms with van der Waals surface area (Å²) in [5, 5.41) is 10.9. The van der Waals surface area contributed by atoms with E-state index in [2.05, 4.69) is 5.32 Å². The van der Waals surface area contributed by atoms with Crippen molar-refractivity contribution in [1.82, 2.24) is 0 Å². The van der Waals surface area contributed by atoms with Crippen molar-refractivity contribution in [3.63, 3.8) is 0 Å². The predicted molar refractivity (Wildman–Crippen MR) is 52.6 cm³/mol. The van der Waals surface area contributed by atoms with Gasteiger partial charge in [-0.3, -0.25) is 4.79 Å². The number of hydrogen-bond donors (Lipinski definition) is 2. The lowest BCUT2D eigenvalue weighted by Gasteiger charge is -2.05. The van der Waals surface area contributed by atoms with Gasteiger partial charge in [0, 0.05) is 5.69 Å². The van der Waals surface area contributed by atoms with E-state index >= 15 is 0 Å². The van der Waals surface area contributed by atoms with Crippen LogP contribution in [0.2, 0.25) is 0 Å². The number of halogens is 1. The van der Waals surface area contributed by atoms with Gasteiger partial charge in [0.15, 0.2) is 6.17 Å². The molecule has 0 heterocycles. The molecule has 1 amide bonds. The molecule has 1 atom stereocenters. The Morgan fingerprint density at radius 1 is 1.33 bits per heavy atom. The molecule has 80 valence electrons. The molecule has 1 rings (SSSR count). The average Bonchev–Trinajstić information content (AvgIpc) is 2.18. The molecule has 0 fully saturated rings. The number of carboxylic acid groups (broad SMARTS) is 1. The van der Waals surface area contributed by atoms with Crippen LogP contribution in [0.1, 0.15) is 17.3 Å². The van der Waals surface area contributed by atoms with Gasteiger partial charge in [-0.1, -0.05) is 0 Å². The Morgan fingerprint density at radius 3 is 2.27 bits per heavy atom. The lowest BCUT2D eigenvalue weighted by molar-refractivity contribution is -0.120. The molecule has 0 aliphatic heterocycles. The zero-order valence-corrected chi connectivity index (χ0v) is 8.03. The molecule has 0 radical (unpaired) electrons. The summed E-state index contributed by atoms with van der Waals surface area (Å²) in [6, 6.07) is 5.48. The maximum Gasteiger partial charge on any atom is 0.335 e. The number of benzene rings is 1. The van der Waals surface area contributed by atoms with Crippen LogP contribution in [0.4, 0.5) is 10.1 Å². The van der Waals surface area contributed by atoms with Crippen LogP contribution in [0.5, 0.6) is 0 Å². The molecule has 1 aromatic rings. The molecule has 5 heteroatoms. The standard InChI is InChI=1S/C10H10FNO3/c1-6(11)9(13)12-8-4-2-7(3-5-8)10(14)15/h2-6H,1H3,(H,12,13)(H,14,15).